The fourth-order valence-corrected chi connectivity index (χ4v) is 8.12. The Morgan fingerprint density at radius 3 is 1.38 bits per heavy atom. The zero-order valence-electron chi connectivity index (χ0n) is 17.6. The maximum absolute atomic E-state index is 2.41. The summed E-state index contributed by atoms with van der Waals surface area (Å²) in [5, 5.41) is 10.9. The zero-order valence-corrected chi connectivity index (χ0v) is 20.8. The quantitative estimate of drug-likeness (QED) is 0.177. The maximum Gasteiger partial charge on any atom is 0.0434 e. The van der Waals surface area contributed by atoms with Crippen LogP contribution in [0.25, 0.3) is 61.9 Å². The second kappa shape index (κ2) is 7.13. The maximum atomic E-state index is 2.41. The number of fused-ring (bicyclic) bond motifs is 10. The molecule has 0 aliphatic rings. The van der Waals surface area contributed by atoms with E-state index in [0.29, 0.717) is 0 Å². The van der Waals surface area contributed by atoms with Crippen LogP contribution in [0.2, 0.25) is 0 Å². The highest BCUT2D eigenvalue weighted by molar-refractivity contribution is 7.98. The van der Waals surface area contributed by atoms with Crippen molar-refractivity contribution in [2.24, 2.45) is 0 Å². The first-order valence-corrected chi connectivity index (χ1v) is 14.6. The van der Waals surface area contributed by atoms with Gasteiger partial charge in [0.05, 0.1) is 0 Å². The predicted molar refractivity (Wildman–Crippen MR) is 151 cm³/mol. The fraction of sp³-hybridized carbons (Fsp3) is 0.0714. The summed E-state index contributed by atoms with van der Waals surface area (Å²) >= 11 is 7.46. The Balaban J connectivity index is 1.56. The van der Waals surface area contributed by atoms with E-state index in [4.69, 9.17) is 0 Å². The van der Waals surface area contributed by atoms with Gasteiger partial charge in [-0.2, -0.15) is 0 Å². The van der Waals surface area contributed by atoms with Crippen molar-refractivity contribution in [2.75, 3.05) is 12.5 Å². The lowest BCUT2D eigenvalue weighted by atomic mass is 10.00. The zero-order chi connectivity index (χ0) is 21.4. The number of thiophene rings is 2. The number of rotatable bonds is 2. The van der Waals surface area contributed by atoms with Crippen LogP contribution in [0.3, 0.4) is 0 Å². The monoisotopic (exact) mass is 482 g/mol. The van der Waals surface area contributed by atoms with Gasteiger partial charge in [0.2, 0.25) is 0 Å². The van der Waals surface area contributed by atoms with Crippen molar-refractivity contribution >= 4 is 108 Å². The molecule has 4 heteroatoms. The minimum atomic E-state index is 1.33. The summed E-state index contributed by atoms with van der Waals surface area (Å²) in [7, 11) is 0. The van der Waals surface area contributed by atoms with Gasteiger partial charge in [0.25, 0.3) is 0 Å². The number of thioether (sulfide) groups is 2. The smallest absolute Gasteiger partial charge is 0.0434 e. The topological polar surface area (TPSA) is 0 Å². The lowest BCUT2D eigenvalue weighted by molar-refractivity contribution is 1.53. The van der Waals surface area contributed by atoms with Crippen LogP contribution in [0.15, 0.2) is 82.6 Å². The molecule has 32 heavy (non-hydrogen) atoms. The Bertz CT molecular complexity index is 1710. The van der Waals surface area contributed by atoms with Crippen LogP contribution < -0.4 is 0 Å². The van der Waals surface area contributed by atoms with Crippen LogP contribution in [-0.4, -0.2) is 12.5 Å². The van der Waals surface area contributed by atoms with Crippen LogP contribution in [0, 0.1) is 0 Å². The van der Waals surface area contributed by atoms with Crippen LogP contribution in [-0.2, 0) is 0 Å². The summed E-state index contributed by atoms with van der Waals surface area (Å²) in [6.07, 6.45) is 4.29. The highest BCUT2D eigenvalue weighted by Crippen LogP contribution is 2.44. The summed E-state index contributed by atoms with van der Waals surface area (Å²) < 4.78 is 5.54. The average molecular weight is 483 g/mol. The van der Waals surface area contributed by atoms with Crippen LogP contribution >= 0.6 is 46.2 Å². The van der Waals surface area contributed by atoms with E-state index in [1.54, 1.807) is 0 Å². The van der Waals surface area contributed by atoms with Gasteiger partial charge >= 0.3 is 0 Å². The summed E-state index contributed by atoms with van der Waals surface area (Å²) in [4.78, 5) is 2.65. The van der Waals surface area contributed by atoms with E-state index in [-0.39, 0.29) is 0 Å². The Labute approximate surface area is 202 Å². The molecule has 0 aliphatic heterocycles. The summed E-state index contributed by atoms with van der Waals surface area (Å²) in [6.45, 7) is 0. The fourth-order valence-electron chi connectivity index (χ4n) is 4.83. The number of hydrogen-bond acceptors (Lipinski definition) is 4. The third-order valence-corrected chi connectivity index (χ3v) is 10.3. The molecule has 0 amide bonds. The van der Waals surface area contributed by atoms with Gasteiger partial charge in [-0.1, -0.05) is 24.3 Å². The minimum Gasteiger partial charge on any atom is -0.135 e. The van der Waals surface area contributed by atoms with Crippen molar-refractivity contribution in [3.63, 3.8) is 0 Å². The van der Waals surface area contributed by atoms with Gasteiger partial charge < -0.3 is 0 Å². The summed E-state index contributed by atoms with van der Waals surface area (Å²) in [5.74, 6) is 0. The predicted octanol–water partition coefficient (Wildman–Crippen LogP) is 10.2. The Hall–Kier alpha value is -2.24. The molecule has 0 saturated carbocycles. The number of hydrogen-bond donors (Lipinski definition) is 0. The minimum absolute atomic E-state index is 1.33. The molecule has 0 N–H and O–H groups in total. The van der Waals surface area contributed by atoms with Gasteiger partial charge in [-0.3, -0.25) is 0 Å². The molecule has 5 aromatic carbocycles. The number of benzene rings is 5. The van der Waals surface area contributed by atoms with Crippen LogP contribution in [0.1, 0.15) is 0 Å². The SMILES string of the molecule is CSc1ccc2sc3c4cc5ccc6c7cc(SC)ccc7sc6c5cc4ccc3c2c1. The summed E-state index contributed by atoms with van der Waals surface area (Å²) in [5.41, 5.74) is 0. The molecule has 0 nitrogen and oxygen atoms in total. The molecular formula is C28H18S4. The lowest BCUT2D eigenvalue weighted by Gasteiger charge is -2.05. The Kier molecular flexibility index (Phi) is 4.29. The first-order valence-electron chi connectivity index (χ1n) is 10.5. The van der Waals surface area contributed by atoms with Gasteiger partial charge in [0, 0.05) is 60.9 Å². The lowest BCUT2D eigenvalue weighted by Crippen LogP contribution is -1.78. The molecule has 0 saturated heterocycles. The molecule has 0 unspecified atom stereocenters. The second-order valence-corrected chi connectivity index (χ2v) is 12.0. The van der Waals surface area contributed by atoms with Crippen molar-refractivity contribution in [1.82, 2.24) is 0 Å². The Morgan fingerprint density at radius 1 is 0.469 bits per heavy atom. The summed E-state index contributed by atoms with van der Waals surface area (Å²) in [6, 6.07) is 27.8. The van der Waals surface area contributed by atoms with E-state index >= 15 is 0 Å². The van der Waals surface area contributed by atoms with Crippen LogP contribution in [0.4, 0.5) is 0 Å². The average Bonchev–Trinajstić information content (AvgIpc) is 3.40. The molecule has 0 bridgehead atoms. The van der Waals surface area contributed by atoms with E-state index in [1.807, 2.05) is 46.2 Å². The van der Waals surface area contributed by atoms with Gasteiger partial charge in [-0.05, 0) is 71.8 Å². The van der Waals surface area contributed by atoms with E-state index in [2.05, 4.69) is 85.3 Å². The third-order valence-electron chi connectivity index (χ3n) is 6.44. The first kappa shape index (κ1) is 19.2. The van der Waals surface area contributed by atoms with Crippen molar-refractivity contribution < 1.29 is 0 Å². The first-order chi connectivity index (χ1) is 15.7. The van der Waals surface area contributed by atoms with Crippen molar-refractivity contribution in [1.29, 1.82) is 0 Å². The highest BCUT2D eigenvalue weighted by atomic mass is 32.2. The molecule has 2 aromatic heterocycles. The molecule has 0 aliphatic carbocycles. The third kappa shape index (κ3) is 2.70. The molecule has 7 aromatic rings. The molecule has 0 spiro atoms. The molecular weight excluding hydrogens is 465 g/mol. The van der Waals surface area contributed by atoms with Crippen molar-refractivity contribution in [3.8, 4) is 0 Å². The van der Waals surface area contributed by atoms with E-state index < -0.39 is 0 Å². The van der Waals surface area contributed by atoms with Gasteiger partial charge in [-0.25, -0.2) is 0 Å². The molecule has 0 atom stereocenters. The highest BCUT2D eigenvalue weighted by Gasteiger charge is 2.13. The van der Waals surface area contributed by atoms with E-state index in [0.717, 1.165) is 0 Å². The van der Waals surface area contributed by atoms with E-state index in [9.17, 15) is 0 Å². The standard InChI is InChI=1S/C28H18S4/c1-29-17-5-9-25-23(13-17)19-7-3-15-12-22-16(11-21(15)27(19)31-25)4-8-20-24-14-18(30-2)6-10-26(24)32-28(20)22/h3-14H,1-2H3. The molecule has 154 valence electrons. The molecule has 2 heterocycles. The molecule has 7 rings (SSSR count). The largest absolute Gasteiger partial charge is 0.135 e. The Morgan fingerprint density at radius 2 is 0.938 bits per heavy atom. The normalized spacial score (nSPS) is 12.3. The van der Waals surface area contributed by atoms with Crippen molar-refractivity contribution in [2.45, 2.75) is 9.79 Å². The van der Waals surface area contributed by atoms with Crippen molar-refractivity contribution in [3.05, 3.63) is 72.8 Å². The van der Waals surface area contributed by atoms with Crippen LogP contribution in [0.5, 0.6) is 0 Å². The second-order valence-electron chi connectivity index (χ2n) is 8.11. The molecule has 0 fully saturated rings. The van der Waals surface area contributed by atoms with Gasteiger partial charge in [0.15, 0.2) is 0 Å². The van der Waals surface area contributed by atoms with Gasteiger partial charge in [-0.15, -0.1) is 46.2 Å². The van der Waals surface area contributed by atoms with E-state index in [1.165, 1.54) is 71.7 Å². The van der Waals surface area contributed by atoms with Gasteiger partial charge in [0.1, 0.15) is 0 Å². The molecule has 0 radical (unpaired) electrons.